The molecule has 8 heteroatoms. The monoisotopic (exact) mass is 441 g/mol. The Bertz CT molecular complexity index is 1170. The first kappa shape index (κ1) is 20.8. The van der Waals surface area contributed by atoms with Crippen LogP contribution in [-0.2, 0) is 10.9 Å². The smallest absolute Gasteiger partial charge is 0.378 e. The number of carbonyl (C=O) groups is 1. The number of alkyl halides is 3. The van der Waals surface area contributed by atoms with Crippen LogP contribution >= 0.6 is 0 Å². The van der Waals surface area contributed by atoms with E-state index in [2.05, 4.69) is 10.3 Å². The van der Waals surface area contributed by atoms with Gasteiger partial charge in [0, 0.05) is 35.7 Å². The molecule has 2 aromatic carbocycles. The van der Waals surface area contributed by atoms with E-state index in [0.717, 1.165) is 41.3 Å². The number of carbonyl (C=O) groups excluding carboxylic acids is 1. The second-order valence-corrected chi connectivity index (χ2v) is 8.17. The summed E-state index contributed by atoms with van der Waals surface area (Å²) >= 11 is 0. The highest BCUT2D eigenvalue weighted by atomic mass is 19.4. The van der Waals surface area contributed by atoms with Gasteiger partial charge in [-0.05, 0) is 42.5 Å². The number of nitrogens with one attached hydrogen (secondary N) is 1. The largest absolute Gasteiger partial charge is 0.416 e. The number of amides is 1. The molecule has 166 valence electrons. The third kappa shape index (κ3) is 4.02. The van der Waals surface area contributed by atoms with Crippen LogP contribution in [0.5, 0.6) is 0 Å². The van der Waals surface area contributed by atoms with Gasteiger partial charge in [-0.2, -0.15) is 13.2 Å². The highest BCUT2D eigenvalue weighted by Gasteiger charge is 2.31. The van der Waals surface area contributed by atoms with Gasteiger partial charge in [-0.1, -0.05) is 24.3 Å². The van der Waals surface area contributed by atoms with E-state index in [1.807, 2.05) is 18.2 Å². The van der Waals surface area contributed by atoms with Crippen LogP contribution in [0.2, 0.25) is 0 Å². The fourth-order valence-corrected chi connectivity index (χ4v) is 4.17. The Balaban J connectivity index is 1.58. The van der Waals surface area contributed by atoms with Crippen molar-refractivity contribution in [1.82, 2.24) is 9.88 Å². The van der Waals surface area contributed by atoms with Gasteiger partial charge in [0.05, 0.1) is 24.3 Å². The van der Waals surface area contributed by atoms with E-state index in [9.17, 15) is 18.0 Å². The number of fused-ring (bicyclic) bond motifs is 1. The number of aromatic nitrogens is 1. The number of nitrogens with zero attached hydrogens (tertiary/aromatic N) is 2. The van der Waals surface area contributed by atoms with Crippen LogP contribution in [0, 0.1) is 0 Å². The normalized spacial score (nSPS) is 16.9. The van der Waals surface area contributed by atoms with Gasteiger partial charge in [-0.3, -0.25) is 4.79 Å². The zero-order valence-corrected chi connectivity index (χ0v) is 17.3. The van der Waals surface area contributed by atoms with Crippen molar-refractivity contribution in [3.05, 3.63) is 65.4 Å². The number of anilines is 2. The summed E-state index contributed by atoms with van der Waals surface area (Å²) in [4.78, 5) is 19.5. The minimum atomic E-state index is -4.43. The van der Waals surface area contributed by atoms with Crippen LogP contribution in [0.15, 0.2) is 48.7 Å². The average Bonchev–Trinajstić information content (AvgIpc) is 3.64. The van der Waals surface area contributed by atoms with Gasteiger partial charge in [0.25, 0.3) is 5.91 Å². The Morgan fingerprint density at radius 1 is 1.09 bits per heavy atom. The predicted molar refractivity (Wildman–Crippen MR) is 115 cm³/mol. The van der Waals surface area contributed by atoms with Crippen molar-refractivity contribution in [2.75, 3.05) is 31.6 Å². The molecule has 1 aliphatic carbocycles. The molecule has 1 aliphatic heterocycles. The highest BCUT2D eigenvalue weighted by Crippen LogP contribution is 2.45. The highest BCUT2D eigenvalue weighted by molar-refractivity contribution is 6.11. The Labute approximate surface area is 183 Å². The summed E-state index contributed by atoms with van der Waals surface area (Å²) < 4.78 is 44.8. The van der Waals surface area contributed by atoms with Crippen LogP contribution in [0.1, 0.15) is 40.2 Å². The fourth-order valence-electron chi connectivity index (χ4n) is 4.17. The van der Waals surface area contributed by atoms with E-state index in [4.69, 9.17) is 4.74 Å². The zero-order valence-electron chi connectivity index (χ0n) is 17.3. The molecule has 3 aromatic rings. The first-order valence-electron chi connectivity index (χ1n) is 10.6. The van der Waals surface area contributed by atoms with Crippen molar-refractivity contribution in [2.24, 2.45) is 0 Å². The molecule has 1 saturated carbocycles. The topological polar surface area (TPSA) is 54.5 Å². The summed E-state index contributed by atoms with van der Waals surface area (Å²) in [5, 5.41) is 4.59. The molecule has 0 spiro atoms. The molecule has 1 N–H and O–H groups in total. The number of ether oxygens (including phenoxy) is 1. The third-order valence-electron chi connectivity index (χ3n) is 5.94. The first-order chi connectivity index (χ1) is 15.4. The van der Waals surface area contributed by atoms with Gasteiger partial charge >= 0.3 is 6.18 Å². The van der Waals surface area contributed by atoms with Crippen LogP contribution in [-0.4, -0.2) is 42.1 Å². The van der Waals surface area contributed by atoms with Crippen LogP contribution < -0.4 is 5.32 Å². The minimum absolute atomic E-state index is 0.0930. The molecule has 0 unspecified atom stereocenters. The second-order valence-electron chi connectivity index (χ2n) is 8.17. The Morgan fingerprint density at radius 2 is 1.84 bits per heavy atom. The van der Waals surface area contributed by atoms with E-state index in [1.165, 1.54) is 6.07 Å². The van der Waals surface area contributed by atoms with Crippen molar-refractivity contribution in [3.8, 4) is 0 Å². The lowest BCUT2D eigenvalue weighted by Gasteiger charge is -2.27. The van der Waals surface area contributed by atoms with Crippen molar-refractivity contribution >= 4 is 28.2 Å². The fraction of sp³-hybridized carbons (Fsp3) is 0.333. The number of pyridine rings is 1. The molecule has 1 aromatic heterocycles. The molecule has 32 heavy (non-hydrogen) atoms. The van der Waals surface area contributed by atoms with Gasteiger partial charge in [0.1, 0.15) is 5.82 Å². The quantitative estimate of drug-likeness (QED) is 0.593. The number of rotatable bonds is 4. The molecule has 0 atom stereocenters. The molecule has 0 radical (unpaired) electrons. The summed E-state index contributed by atoms with van der Waals surface area (Å²) in [5.41, 5.74) is 1.18. The van der Waals surface area contributed by atoms with Gasteiger partial charge in [0.15, 0.2) is 0 Å². The molecular weight excluding hydrogens is 419 g/mol. The molecule has 0 bridgehead atoms. The molecule has 1 saturated heterocycles. The van der Waals surface area contributed by atoms with E-state index < -0.39 is 11.7 Å². The molecule has 2 fully saturated rings. The Hall–Kier alpha value is -3.13. The second kappa shape index (κ2) is 8.09. The van der Waals surface area contributed by atoms with E-state index in [0.29, 0.717) is 43.6 Å². The van der Waals surface area contributed by atoms with Crippen LogP contribution in [0.4, 0.5) is 24.7 Å². The summed E-state index contributed by atoms with van der Waals surface area (Å²) in [6.07, 6.45) is -0.769. The van der Waals surface area contributed by atoms with Crippen molar-refractivity contribution in [1.29, 1.82) is 0 Å². The van der Waals surface area contributed by atoms with Crippen molar-refractivity contribution in [2.45, 2.75) is 24.9 Å². The minimum Gasteiger partial charge on any atom is -0.378 e. The Morgan fingerprint density at radius 3 is 2.56 bits per heavy atom. The third-order valence-corrected chi connectivity index (χ3v) is 5.94. The number of benzene rings is 2. The lowest BCUT2D eigenvalue weighted by atomic mass is 9.97. The van der Waals surface area contributed by atoms with Crippen LogP contribution in [0.3, 0.4) is 0 Å². The number of hydrogen-bond donors (Lipinski definition) is 1. The SMILES string of the molecule is O=C(c1cnc(Nc2cccc(C(F)(F)F)c2)c2cccc(C3CC3)c12)N1CCOCC1. The first-order valence-corrected chi connectivity index (χ1v) is 10.6. The number of hydrogen-bond acceptors (Lipinski definition) is 4. The summed E-state index contributed by atoms with van der Waals surface area (Å²) in [7, 11) is 0. The lowest BCUT2D eigenvalue weighted by Crippen LogP contribution is -2.40. The van der Waals surface area contributed by atoms with E-state index in [-0.39, 0.29) is 11.6 Å². The maximum atomic E-state index is 13.3. The Kier molecular flexibility index (Phi) is 5.25. The molecule has 1 amide bonds. The lowest BCUT2D eigenvalue weighted by molar-refractivity contribution is -0.137. The van der Waals surface area contributed by atoms with Gasteiger partial charge < -0.3 is 15.0 Å². The van der Waals surface area contributed by atoms with E-state index in [1.54, 1.807) is 17.2 Å². The van der Waals surface area contributed by atoms with Crippen LogP contribution in [0.25, 0.3) is 10.8 Å². The summed E-state index contributed by atoms with van der Waals surface area (Å²) in [6, 6.07) is 10.8. The van der Waals surface area contributed by atoms with Crippen molar-refractivity contribution in [3.63, 3.8) is 0 Å². The standard InChI is InChI=1S/C24H22F3N3O2/c25-24(26,27)16-3-1-4-17(13-16)29-22-19-6-2-5-18(15-7-8-15)21(19)20(14-28-22)23(31)30-9-11-32-12-10-30/h1-6,13-15H,7-12H2,(H,28,29). The zero-order chi connectivity index (χ0) is 22.3. The molecule has 2 aliphatic rings. The molecule has 2 heterocycles. The molecule has 5 rings (SSSR count). The number of halogens is 3. The number of morpholine rings is 1. The van der Waals surface area contributed by atoms with Crippen molar-refractivity contribution < 1.29 is 22.7 Å². The van der Waals surface area contributed by atoms with Gasteiger partial charge in [-0.25, -0.2) is 4.98 Å². The maximum Gasteiger partial charge on any atom is 0.416 e. The maximum absolute atomic E-state index is 13.3. The summed E-state index contributed by atoms with van der Waals surface area (Å²) in [5.74, 6) is 0.726. The van der Waals surface area contributed by atoms with E-state index >= 15 is 0 Å². The predicted octanol–water partition coefficient (Wildman–Crippen LogP) is 5.35. The van der Waals surface area contributed by atoms with Gasteiger partial charge in [-0.15, -0.1) is 0 Å². The summed E-state index contributed by atoms with van der Waals surface area (Å²) in [6.45, 7) is 2.05. The average molecular weight is 441 g/mol. The molecule has 5 nitrogen and oxygen atoms in total. The molecular formula is C24H22F3N3O2. The van der Waals surface area contributed by atoms with Gasteiger partial charge in [0.2, 0.25) is 0 Å².